The minimum Gasteiger partial charge on any atom is -0.491 e. The van der Waals surface area contributed by atoms with Crippen LogP contribution in [0.3, 0.4) is 0 Å². The summed E-state index contributed by atoms with van der Waals surface area (Å²) in [5.74, 6) is -0.581. The number of rotatable bonds is 3. The lowest BCUT2D eigenvalue weighted by atomic mass is 10.1. The van der Waals surface area contributed by atoms with Gasteiger partial charge in [-0.15, -0.1) is 0 Å². The smallest absolute Gasteiger partial charge is 0.416 e. The summed E-state index contributed by atoms with van der Waals surface area (Å²) in [6, 6.07) is 10.9. The third kappa shape index (κ3) is 6.82. The molecule has 0 unspecified atom stereocenters. The molecule has 1 aromatic heterocycles. The van der Waals surface area contributed by atoms with Crippen molar-refractivity contribution in [2.45, 2.75) is 32.6 Å². The Morgan fingerprint density at radius 2 is 1.84 bits per heavy atom. The van der Waals surface area contributed by atoms with Gasteiger partial charge in [0.2, 0.25) is 5.91 Å². The van der Waals surface area contributed by atoms with Crippen molar-refractivity contribution in [2.75, 3.05) is 45.9 Å². The molecule has 3 aromatic rings. The summed E-state index contributed by atoms with van der Waals surface area (Å²) in [5, 5.41) is 6.65. The van der Waals surface area contributed by atoms with Gasteiger partial charge in [-0.2, -0.15) is 13.2 Å². The van der Waals surface area contributed by atoms with E-state index in [0.29, 0.717) is 30.1 Å². The summed E-state index contributed by atoms with van der Waals surface area (Å²) >= 11 is 0. The van der Waals surface area contributed by atoms with Crippen LogP contribution in [0.5, 0.6) is 5.75 Å². The SMILES string of the molecule is Cc1noc(C)c1CN1CCNC(=O)c2cc(C(F)(F)F)ccc2OC[C@@H]2CN(C(=O)c3ccccc3)CCN2C(=O)C1. The van der Waals surface area contributed by atoms with Gasteiger partial charge >= 0.3 is 6.18 Å². The number of amides is 3. The van der Waals surface area contributed by atoms with Crippen molar-refractivity contribution in [3.63, 3.8) is 0 Å². The lowest BCUT2D eigenvalue weighted by molar-refractivity contribution is -0.138. The van der Waals surface area contributed by atoms with Gasteiger partial charge in [0.05, 0.1) is 29.4 Å². The normalized spacial score (nSPS) is 18.9. The molecular formula is C30H32F3N5O5. The molecule has 5 rings (SSSR count). The number of nitrogens with one attached hydrogen (secondary N) is 1. The highest BCUT2D eigenvalue weighted by Gasteiger charge is 2.36. The van der Waals surface area contributed by atoms with Crippen LogP contribution in [0.25, 0.3) is 0 Å². The number of halogens is 3. The molecule has 228 valence electrons. The van der Waals surface area contributed by atoms with E-state index in [-0.39, 0.29) is 62.5 Å². The fraction of sp³-hybridized carbons (Fsp3) is 0.400. The molecule has 13 heteroatoms. The number of ether oxygens (including phenoxy) is 1. The van der Waals surface area contributed by atoms with E-state index in [0.717, 1.165) is 23.8 Å². The van der Waals surface area contributed by atoms with Crippen molar-refractivity contribution in [3.8, 4) is 5.75 Å². The number of hydrogen-bond donors (Lipinski definition) is 1. The number of aromatic nitrogens is 1. The first kappa shape index (κ1) is 30.1. The third-order valence-corrected chi connectivity index (χ3v) is 7.73. The van der Waals surface area contributed by atoms with Crippen LogP contribution in [0.15, 0.2) is 53.1 Å². The van der Waals surface area contributed by atoms with Crippen LogP contribution >= 0.6 is 0 Å². The van der Waals surface area contributed by atoms with E-state index in [1.807, 2.05) is 11.0 Å². The number of hydrogen-bond acceptors (Lipinski definition) is 7. The quantitative estimate of drug-likeness (QED) is 0.493. The van der Waals surface area contributed by atoms with E-state index in [1.54, 1.807) is 47.9 Å². The Kier molecular flexibility index (Phi) is 8.71. The van der Waals surface area contributed by atoms with E-state index >= 15 is 0 Å². The Morgan fingerprint density at radius 1 is 1.07 bits per heavy atom. The highest BCUT2D eigenvalue weighted by atomic mass is 19.4. The van der Waals surface area contributed by atoms with Crippen LogP contribution < -0.4 is 10.1 Å². The van der Waals surface area contributed by atoms with E-state index < -0.39 is 23.7 Å². The molecule has 1 N–H and O–H groups in total. The molecule has 0 saturated carbocycles. The van der Waals surface area contributed by atoms with Crippen molar-refractivity contribution in [2.24, 2.45) is 0 Å². The monoisotopic (exact) mass is 599 g/mol. The van der Waals surface area contributed by atoms with Crippen molar-refractivity contribution in [3.05, 3.63) is 82.2 Å². The zero-order valence-corrected chi connectivity index (χ0v) is 23.8. The molecular weight excluding hydrogens is 567 g/mol. The third-order valence-electron chi connectivity index (χ3n) is 7.73. The minimum absolute atomic E-state index is 0.00572. The average molecular weight is 600 g/mol. The number of nitrogens with zero attached hydrogens (tertiary/aromatic N) is 4. The highest BCUT2D eigenvalue weighted by molar-refractivity contribution is 5.97. The summed E-state index contributed by atoms with van der Waals surface area (Å²) in [6.45, 7) is 4.70. The number of carbonyl (C=O) groups is 3. The summed E-state index contributed by atoms with van der Waals surface area (Å²) < 4.78 is 51.8. The zero-order valence-electron chi connectivity index (χ0n) is 23.8. The number of carbonyl (C=O) groups excluding carboxylic acids is 3. The second-order valence-corrected chi connectivity index (χ2v) is 10.6. The maximum absolute atomic E-state index is 13.7. The van der Waals surface area contributed by atoms with Gasteiger partial charge < -0.3 is 24.4 Å². The molecule has 0 radical (unpaired) electrons. The van der Waals surface area contributed by atoms with Gasteiger partial charge in [0, 0.05) is 50.4 Å². The first-order valence-electron chi connectivity index (χ1n) is 13.9. The Bertz CT molecular complexity index is 1470. The summed E-state index contributed by atoms with van der Waals surface area (Å²) in [6.07, 6.45) is -4.66. The number of aryl methyl sites for hydroxylation is 2. The topological polar surface area (TPSA) is 108 Å². The Morgan fingerprint density at radius 3 is 2.53 bits per heavy atom. The van der Waals surface area contributed by atoms with Crippen LogP contribution in [0.2, 0.25) is 0 Å². The van der Waals surface area contributed by atoms with E-state index in [4.69, 9.17) is 9.26 Å². The molecule has 43 heavy (non-hydrogen) atoms. The van der Waals surface area contributed by atoms with E-state index in [2.05, 4.69) is 10.5 Å². The lowest BCUT2D eigenvalue weighted by Gasteiger charge is -2.42. The van der Waals surface area contributed by atoms with Gasteiger partial charge in [0.15, 0.2) is 0 Å². The Balaban J connectivity index is 1.46. The number of alkyl halides is 3. The van der Waals surface area contributed by atoms with Crippen LogP contribution in [-0.4, -0.2) is 89.5 Å². The number of piperazine rings is 1. The Hall–Kier alpha value is -4.39. The number of benzene rings is 2. The molecule has 2 aliphatic rings. The van der Waals surface area contributed by atoms with Gasteiger partial charge in [-0.3, -0.25) is 19.3 Å². The van der Waals surface area contributed by atoms with E-state index in [9.17, 15) is 27.6 Å². The van der Waals surface area contributed by atoms with Crippen molar-refractivity contribution < 1.29 is 36.8 Å². The van der Waals surface area contributed by atoms with Gasteiger partial charge in [0.25, 0.3) is 11.8 Å². The molecule has 1 saturated heterocycles. The summed E-state index contributed by atoms with van der Waals surface area (Å²) in [4.78, 5) is 45.2. The predicted octanol–water partition coefficient (Wildman–Crippen LogP) is 3.29. The fourth-order valence-corrected chi connectivity index (χ4v) is 5.34. The van der Waals surface area contributed by atoms with Gasteiger partial charge in [-0.05, 0) is 44.2 Å². The van der Waals surface area contributed by atoms with Crippen LogP contribution in [-0.2, 0) is 17.5 Å². The molecule has 3 heterocycles. The Labute approximate surface area is 246 Å². The van der Waals surface area contributed by atoms with Crippen LogP contribution in [0, 0.1) is 13.8 Å². The molecule has 2 aliphatic heterocycles. The molecule has 0 bridgehead atoms. The molecule has 3 amide bonds. The molecule has 0 aliphatic carbocycles. The molecule has 2 aromatic carbocycles. The molecule has 10 nitrogen and oxygen atoms in total. The van der Waals surface area contributed by atoms with Crippen LogP contribution in [0.1, 0.15) is 43.3 Å². The largest absolute Gasteiger partial charge is 0.491 e. The van der Waals surface area contributed by atoms with Gasteiger partial charge in [-0.1, -0.05) is 23.4 Å². The summed E-state index contributed by atoms with van der Waals surface area (Å²) in [7, 11) is 0. The second kappa shape index (κ2) is 12.5. The van der Waals surface area contributed by atoms with E-state index in [1.165, 1.54) is 0 Å². The number of fused-ring (bicyclic) bond motifs is 2. The standard InChI is InChI=1S/C30H32F3N5O5/c1-19-25(20(2)43-35-19)16-36-11-10-34-28(40)24-14-22(30(31,32)33)8-9-26(24)42-18-23-15-37(12-13-38(23)27(39)17-36)29(41)21-6-4-3-5-7-21/h3-9,14,23H,10-13,15-18H2,1-2H3,(H,34,40)/t23-/m0/s1. The van der Waals surface area contributed by atoms with Crippen molar-refractivity contribution >= 4 is 17.7 Å². The maximum Gasteiger partial charge on any atom is 0.416 e. The lowest BCUT2D eigenvalue weighted by Crippen LogP contribution is -2.60. The molecule has 1 fully saturated rings. The highest BCUT2D eigenvalue weighted by Crippen LogP contribution is 2.33. The van der Waals surface area contributed by atoms with Gasteiger partial charge in [-0.25, -0.2) is 0 Å². The second-order valence-electron chi connectivity index (χ2n) is 10.6. The van der Waals surface area contributed by atoms with Gasteiger partial charge in [0.1, 0.15) is 18.1 Å². The first-order chi connectivity index (χ1) is 20.5. The molecule has 0 spiro atoms. The average Bonchev–Trinajstić information content (AvgIpc) is 3.31. The first-order valence-corrected chi connectivity index (χ1v) is 13.9. The van der Waals surface area contributed by atoms with Crippen molar-refractivity contribution in [1.82, 2.24) is 25.2 Å². The summed E-state index contributed by atoms with van der Waals surface area (Å²) in [5.41, 5.74) is 0.729. The fourth-order valence-electron chi connectivity index (χ4n) is 5.34. The maximum atomic E-state index is 13.7. The minimum atomic E-state index is -4.66. The molecule has 1 atom stereocenters. The van der Waals surface area contributed by atoms with Crippen molar-refractivity contribution in [1.29, 1.82) is 0 Å². The van der Waals surface area contributed by atoms with Crippen LogP contribution in [0.4, 0.5) is 13.2 Å². The zero-order chi connectivity index (χ0) is 30.7. The predicted molar refractivity (Wildman–Crippen MR) is 148 cm³/mol.